The van der Waals surface area contributed by atoms with Crippen molar-refractivity contribution in [2.45, 2.75) is 32.9 Å². The second kappa shape index (κ2) is 15.0. The number of hydrogen-bond acceptors (Lipinski definition) is 10. The lowest BCUT2D eigenvalue weighted by atomic mass is 10.2. The second-order valence-corrected chi connectivity index (χ2v) is 10.9. The lowest BCUT2D eigenvalue weighted by Gasteiger charge is -2.16. The number of ether oxygens (including phenoxy) is 2. The molecule has 5 N–H and O–H groups in total. The molecule has 44 heavy (non-hydrogen) atoms. The standard InChI is InChI=1S/C27H32F2N7O7P/c1-17(2)43-22-14-18(41-11-4-8-30-9-12-42-44(38,39)40)13-21-25(22)27(32-16-31-21)34-23-7-10-36(35-23)15-24(37)33-20-6-3-5-19(28)26(20)29/h3,5-7,10,13-14,16-17,30H,4,8-9,11-12,15H2,1-2H3,(H,33,37)(H2,38,39,40)(H,31,32,34,35). The number of amides is 1. The van der Waals surface area contributed by atoms with Gasteiger partial charge in [0, 0.05) is 30.9 Å². The summed E-state index contributed by atoms with van der Waals surface area (Å²) in [6.07, 6.45) is 3.35. The maximum absolute atomic E-state index is 13.9. The lowest BCUT2D eigenvalue weighted by Crippen LogP contribution is -2.21. The Labute approximate surface area is 251 Å². The molecule has 4 aromatic rings. The minimum Gasteiger partial charge on any atom is -0.493 e. The quantitative estimate of drug-likeness (QED) is 0.0890. The summed E-state index contributed by atoms with van der Waals surface area (Å²) in [6.45, 7) is 4.56. The Morgan fingerprint density at radius 3 is 2.70 bits per heavy atom. The zero-order valence-corrected chi connectivity index (χ0v) is 24.8. The van der Waals surface area contributed by atoms with Gasteiger partial charge in [0.05, 0.1) is 35.9 Å². The molecule has 0 spiro atoms. The summed E-state index contributed by atoms with van der Waals surface area (Å²) in [4.78, 5) is 38.5. The van der Waals surface area contributed by atoms with Gasteiger partial charge in [-0.2, -0.15) is 5.10 Å². The van der Waals surface area contributed by atoms with Crippen molar-refractivity contribution in [1.29, 1.82) is 0 Å². The first-order valence-electron chi connectivity index (χ1n) is 13.5. The molecule has 17 heteroatoms. The molecular weight excluding hydrogens is 603 g/mol. The van der Waals surface area contributed by atoms with E-state index in [2.05, 4.69) is 35.5 Å². The van der Waals surface area contributed by atoms with Crippen LogP contribution in [0.5, 0.6) is 11.5 Å². The summed E-state index contributed by atoms with van der Waals surface area (Å²) < 4.78 is 55.7. The highest BCUT2D eigenvalue weighted by atomic mass is 31.2. The fraction of sp³-hybridized carbons (Fsp3) is 0.333. The van der Waals surface area contributed by atoms with Gasteiger partial charge in [-0.25, -0.2) is 23.3 Å². The highest BCUT2D eigenvalue weighted by Gasteiger charge is 2.17. The molecule has 236 valence electrons. The number of benzene rings is 2. The van der Waals surface area contributed by atoms with Crippen LogP contribution in [0.3, 0.4) is 0 Å². The molecule has 0 saturated carbocycles. The topological polar surface area (TPSA) is 182 Å². The van der Waals surface area contributed by atoms with Crippen LogP contribution in [0, 0.1) is 11.6 Å². The number of hydrogen-bond donors (Lipinski definition) is 5. The average molecular weight is 636 g/mol. The highest BCUT2D eigenvalue weighted by Crippen LogP contribution is 2.36. The molecule has 2 heterocycles. The maximum Gasteiger partial charge on any atom is 0.469 e. The van der Waals surface area contributed by atoms with E-state index in [0.717, 1.165) is 6.07 Å². The van der Waals surface area contributed by atoms with Crippen molar-refractivity contribution >= 4 is 42.0 Å². The van der Waals surface area contributed by atoms with Crippen LogP contribution in [0.2, 0.25) is 0 Å². The SMILES string of the molecule is CC(C)Oc1cc(OCCCNCCOP(=O)(O)O)cc2ncnc(Nc3ccn(CC(=O)Nc4cccc(F)c4F)n3)c12. The Morgan fingerprint density at radius 1 is 1.11 bits per heavy atom. The number of carbonyl (C=O) groups is 1. The Hall–Kier alpha value is -4.21. The van der Waals surface area contributed by atoms with Gasteiger partial charge in [0.25, 0.3) is 0 Å². The number of rotatable bonds is 16. The summed E-state index contributed by atoms with van der Waals surface area (Å²) in [5.74, 6) is -1.05. The minimum atomic E-state index is -4.47. The Morgan fingerprint density at radius 2 is 1.93 bits per heavy atom. The van der Waals surface area contributed by atoms with E-state index in [1.165, 1.54) is 23.1 Å². The average Bonchev–Trinajstić information content (AvgIpc) is 3.38. The second-order valence-electron chi connectivity index (χ2n) is 9.65. The van der Waals surface area contributed by atoms with Gasteiger partial charge in [0.1, 0.15) is 30.2 Å². The first kappa shape index (κ1) is 32.7. The predicted molar refractivity (Wildman–Crippen MR) is 157 cm³/mol. The fourth-order valence-electron chi connectivity index (χ4n) is 3.98. The molecule has 0 atom stereocenters. The number of nitrogens with one attached hydrogen (secondary N) is 3. The number of nitrogens with zero attached hydrogens (tertiary/aromatic N) is 4. The van der Waals surface area contributed by atoms with Crippen LogP contribution in [0.25, 0.3) is 10.9 Å². The Balaban J connectivity index is 1.40. The van der Waals surface area contributed by atoms with Crippen molar-refractivity contribution in [2.75, 3.05) is 36.9 Å². The third-order valence-corrected chi connectivity index (χ3v) is 6.28. The maximum atomic E-state index is 13.9. The van der Waals surface area contributed by atoms with E-state index in [1.807, 2.05) is 13.8 Å². The van der Waals surface area contributed by atoms with Crippen LogP contribution in [-0.2, 0) is 20.4 Å². The number of carbonyl (C=O) groups excluding carboxylic acids is 1. The normalized spacial score (nSPS) is 11.6. The third-order valence-electron chi connectivity index (χ3n) is 5.76. The molecule has 0 aliphatic rings. The molecule has 14 nitrogen and oxygen atoms in total. The van der Waals surface area contributed by atoms with Crippen molar-refractivity contribution in [3.8, 4) is 11.5 Å². The molecular formula is C27H32F2N7O7P. The highest BCUT2D eigenvalue weighted by molar-refractivity contribution is 7.46. The van der Waals surface area contributed by atoms with E-state index < -0.39 is 25.4 Å². The molecule has 0 aliphatic heterocycles. The molecule has 1 amide bonds. The smallest absolute Gasteiger partial charge is 0.469 e. The van der Waals surface area contributed by atoms with E-state index in [1.54, 1.807) is 24.4 Å². The number of aromatic nitrogens is 4. The van der Waals surface area contributed by atoms with Crippen LogP contribution in [-0.4, -0.2) is 67.8 Å². The zero-order chi connectivity index (χ0) is 31.7. The van der Waals surface area contributed by atoms with E-state index in [4.69, 9.17) is 19.3 Å². The number of phosphoric acid groups is 1. The largest absolute Gasteiger partial charge is 0.493 e. The fourth-order valence-corrected chi connectivity index (χ4v) is 4.31. The van der Waals surface area contributed by atoms with Crippen LogP contribution in [0.15, 0.2) is 48.9 Å². The van der Waals surface area contributed by atoms with E-state index >= 15 is 0 Å². The van der Waals surface area contributed by atoms with Gasteiger partial charge >= 0.3 is 7.82 Å². The molecule has 0 fully saturated rings. The van der Waals surface area contributed by atoms with Gasteiger partial charge in [-0.15, -0.1) is 0 Å². The summed E-state index contributed by atoms with van der Waals surface area (Å²) in [5, 5.41) is 13.4. The lowest BCUT2D eigenvalue weighted by molar-refractivity contribution is -0.116. The summed E-state index contributed by atoms with van der Waals surface area (Å²) in [5.41, 5.74) is 0.274. The van der Waals surface area contributed by atoms with Crippen LogP contribution in [0.4, 0.5) is 26.1 Å². The van der Waals surface area contributed by atoms with E-state index in [0.29, 0.717) is 53.6 Å². The third kappa shape index (κ3) is 9.65. The Bertz CT molecular complexity index is 1630. The number of phosphoric ester groups is 1. The summed E-state index contributed by atoms with van der Waals surface area (Å²) >= 11 is 0. The predicted octanol–water partition coefficient (Wildman–Crippen LogP) is 3.74. The zero-order valence-electron chi connectivity index (χ0n) is 23.9. The molecule has 0 bridgehead atoms. The number of anilines is 3. The van der Waals surface area contributed by atoms with E-state index in [9.17, 15) is 18.1 Å². The van der Waals surface area contributed by atoms with Gasteiger partial charge in [-0.1, -0.05) is 6.07 Å². The van der Waals surface area contributed by atoms with Gasteiger partial charge in [-0.3, -0.25) is 14.0 Å². The van der Waals surface area contributed by atoms with Crippen molar-refractivity contribution in [3.05, 3.63) is 60.6 Å². The van der Waals surface area contributed by atoms with Gasteiger partial charge in [0.2, 0.25) is 5.91 Å². The summed E-state index contributed by atoms with van der Waals surface area (Å²) in [6, 6.07) is 8.60. The van der Waals surface area contributed by atoms with Crippen molar-refractivity contribution in [2.24, 2.45) is 0 Å². The molecule has 2 aromatic heterocycles. The molecule has 0 unspecified atom stereocenters. The summed E-state index contributed by atoms with van der Waals surface area (Å²) in [7, 11) is -4.47. The first-order chi connectivity index (χ1) is 21.0. The molecule has 4 rings (SSSR count). The molecule has 0 saturated heterocycles. The minimum absolute atomic E-state index is 0.116. The molecule has 0 aliphatic carbocycles. The molecule has 0 radical (unpaired) electrons. The van der Waals surface area contributed by atoms with Crippen LogP contribution >= 0.6 is 7.82 Å². The number of fused-ring (bicyclic) bond motifs is 1. The Kier molecular flexibility index (Phi) is 11.1. The molecule has 2 aromatic carbocycles. The number of halogens is 2. The van der Waals surface area contributed by atoms with Gasteiger partial charge in [-0.05, 0) is 38.9 Å². The van der Waals surface area contributed by atoms with Crippen molar-refractivity contribution < 1.29 is 41.9 Å². The van der Waals surface area contributed by atoms with Crippen LogP contribution in [0.1, 0.15) is 20.3 Å². The van der Waals surface area contributed by atoms with Gasteiger partial charge < -0.3 is 35.2 Å². The van der Waals surface area contributed by atoms with Crippen molar-refractivity contribution in [1.82, 2.24) is 25.1 Å². The van der Waals surface area contributed by atoms with Crippen LogP contribution < -0.4 is 25.4 Å². The monoisotopic (exact) mass is 635 g/mol. The first-order valence-corrected chi connectivity index (χ1v) is 15.0. The van der Waals surface area contributed by atoms with Crippen molar-refractivity contribution in [3.63, 3.8) is 0 Å². The van der Waals surface area contributed by atoms with E-state index in [-0.39, 0.29) is 31.5 Å². The van der Waals surface area contributed by atoms with Gasteiger partial charge in [0.15, 0.2) is 17.5 Å².